The fourth-order valence-electron chi connectivity index (χ4n) is 4.54. The zero-order valence-electron chi connectivity index (χ0n) is 17.5. The van der Waals surface area contributed by atoms with Gasteiger partial charge >= 0.3 is 0 Å². The average molecular weight is 417 g/mol. The Morgan fingerprint density at radius 1 is 0.968 bits per heavy atom. The number of para-hydroxylation sites is 2. The zero-order chi connectivity index (χ0) is 21.0. The van der Waals surface area contributed by atoms with Crippen molar-refractivity contribution in [3.8, 4) is 5.75 Å². The summed E-state index contributed by atoms with van der Waals surface area (Å²) in [5, 5.41) is 0. The van der Waals surface area contributed by atoms with E-state index in [1.165, 1.54) is 4.90 Å². The lowest BCUT2D eigenvalue weighted by Gasteiger charge is -2.38. The summed E-state index contributed by atoms with van der Waals surface area (Å²) in [7, 11) is 0. The molecule has 5 rings (SSSR count). The van der Waals surface area contributed by atoms with Gasteiger partial charge in [0, 0.05) is 6.07 Å². The molecular weight excluding hydrogens is 388 g/mol. The molecule has 6 heteroatoms. The molecule has 3 aromatic rings. The largest absolute Gasteiger partial charge is 0.489 e. The molecule has 3 heterocycles. The second-order valence-corrected chi connectivity index (χ2v) is 8.13. The van der Waals surface area contributed by atoms with Crippen molar-refractivity contribution in [3.05, 3.63) is 84.6 Å². The number of carbonyl (C=O) groups is 1. The van der Waals surface area contributed by atoms with Crippen LogP contribution in [0, 0.1) is 0 Å². The van der Waals surface area contributed by atoms with Gasteiger partial charge in [0.05, 0.1) is 17.9 Å². The summed E-state index contributed by atoms with van der Waals surface area (Å²) in [6.45, 7) is 4.71. The highest BCUT2D eigenvalue weighted by Crippen LogP contribution is 2.39. The Morgan fingerprint density at radius 3 is 2.48 bits per heavy atom. The first-order valence-corrected chi connectivity index (χ1v) is 10.9. The molecule has 158 valence electrons. The molecule has 0 bridgehead atoms. The number of nitrogens with zero attached hydrogens (tertiary/aromatic N) is 2. The molecule has 1 fully saturated rings. The molecule has 2 aliphatic rings. The Morgan fingerprint density at radius 2 is 1.71 bits per heavy atom. The number of hydrogen-bond acceptors (Lipinski definition) is 3. The van der Waals surface area contributed by atoms with Gasteiger partial charge in [-0.1, -0.05) is 48.5 Å². The maximum absolute atomic E-state index is 13.6. The number of aromatic nitrogens is 1. The molecule has 2 N–H and O–H groups in total. The van der Waals surface area contributed by atoms with Crippen molar-refractivity contribution in [2.45, 2.75) is 6.04 Å². The van der Waals surface area contributed by atoms with Crippen LogP contribution in [0.15, 0.2) is 79.0 Å². The molecule has 0 spiro atoms. The number of piperazine rings is 1. The van der Waals surface area contributed by atoms with Crippen molar-refractivity contribution < 1.29 is 19.4 Å². The van der Waals surface area contributed by atoms with Crippen LogP contribution in [0.1, 0.15) is 11.6 Å². The molecule has 0 aliphatic carbocycles. The van der Waals surface area contributed by atoms with Gasteiger partial charge in [-0.05, 0) is 23.8 Å². The standard InChI is InChI=1S/C25H26N4O2/c30-25(18-27-14-16-28(17-15-27)24-12-6-7-13-26-24)29-21-10-4-5-11-23(21)31-19-22(29)20-8-2-1-3-9-20/h1-13,22H,14-19H2/p+2/t22-/m0/s1. The van der Waals surface area contributed by atoms with Crippen LogP contribution in [0.2, 0.25) is 0 Å². The SMILES string of the molecule is O=C(C[NH+]1CCN(c2cccc[nH+]2)CC1)N1c2ccccc2OC[C@H]1c1ccccc1. The number of amides is 1. The van der Waals surface area contributed by atoms with Crippen LogP contribution >= 0.6 is 0 Å². The maximum atomic E-state index is 13.6. The summed E-state index contributed by atoms with van der Waals surface area (Å²) < 4.78 is 6.01. The van der Waals surface area contributed by atoms with Crippen LogP contribution in [-0.4, -0.2) is 45.2 Å². The number of anilines is 2. The second kappa shape index (κ2) is 8.78. The first-order valence-electron chi connectivity index (χ1n) is 10.9. The van der Waals surface area contributed by atoms with Crippen LogP contribution in [0.25, 0.3) is 0 Å². The lowest BCUT2D eigenvalue weighted by molar-refractivity contribution is -0.892. The van der Waals surface area contributed by atoms with Crippen molar-refractivity contribution >= 4 is 17.4 Å². The number of hydrogen-bond donors (Lipinski definition) is 1. The minimum Gasteiger partial charge on any atom is -0.489 e. The van der Waals surface area contributed by atoms with Crippen molar-refractivity contribution in [2.24, 2.45) is 0 Å². The molecule has 1 amide bonds. The summed E-state index contributed by atoms with van der Waals surface area (Å²) in [4.78, 5) is 22.5. The van der Waals surface area contributed by atoms with Gasteiger partial charge in [0.1, 0.15) is 38.5 Å². The fourth-order valence-corrected chi connectivity index (χ4v) is 4.54. The third kappa shape index (κ3) is 4.11. The van der Waals surface area contributed by atoms with Crippen molar-refractivity contribution in [1.29, 1.82) is 0 Å². The minimum atomic E-state index is -0.108. The van der Waals surface area contributed by atoms with Gasteiger partial charge in [0.2, 0.25) is 0 Å². The van der Waals surface area contributed by atoms with E-state index in [0.717, 1.165) is 49.0 Å². The Labute approximate surface area is 182 Å². The van der Waals surface area contributed by atoms with Crippen LogP contribution in [0.3, 0.4) is 0 Å². The van der Waals surface area contributed by atoms with Gasteiger partial charge < -0.3 is 9.64 Å². The van der Waals surface area contributed by atoms with Crippen molar-refractivity contribution in [1.82, 2.24) is 0 Å². The molecule has 31 heavy (non-hydrogen) atoms. The molecule has 0 unspecified atom stereocenters. The Hall–Kier alpha value is -3.38. The zero-order valence-corrected chi connectivity index (χ0v) is 17.5. The molecular formula is C25H28N4O2+2. The number of ether oxygens (including phenoxy) is 1. The highest BCUT2D eigenvalue weighted by Gasteiger charge is 2.36. The van der Waals surface area contributed by atoms with Crippen LogP contribution in [-0.2, 0) is 4.79 Å². The molecule has 1 atom stereocenters. The molecule has 0 radical (unpaired) electrons. The summed E-state index contributed by atoms with van der Waals surface area (Å²) in [6.07, 6.45) is 1.96. The molecule has 0 saturated carbocycles. The molecule has 2 aliphatic heterocycles. The van der Waals surface area contributed by atoms with E-state index in [2.05, 4.69) is 28.1 Å². The topological polar surface area (TPSA) is 51.4 Å². The first-order chi connectivity index (χ1) is 15.3. The molecule has 2 aromatic carbocycles. The summed E-state index contributed by atoms with van der Waals surface area (Å²) in [6, 6.07) is 24.1. The van der Waals surface area contributed by atoms with Gasteiger partial charge in [-0.3, -0.25) is 14.6 Å². The fraction of sp³-hybridized carbons (Fsp3) is 0.280. The monoisotopic (exact) mass is 416 g/mol. The maximum Gasteiger partial charge on any atom is 0.282 e. The number of rotatable bonds is 4. The van der Waals surface area contributed by atoms with Crippen LogP contribution < -0.4 is 24.4 Å². The summed E-state index contributed by atoms with van der Waals surface area (Å²) in [5.41, 5.74) is 1.97. The van der Waals surface area contributed by atoms with Crippen LogP contribution in [0.4, 0.5) is 11.5 Å². The van der Waals surface area contributed by atoms with Crippen LogP contribution in [0.5, 0.6) is 5.75 Å². The first kappa shape index (κ1) is 19.6. The lowest BCUT2D eigenvalue weighted by Crippen LogP contribution is -3.16. The van der Waals surface area contributed by atoms with E-state index in [9.17, 15) is 4.79 Å². The number of carbonyl (C=O) groups excluding carboxylic acids is 1. The summed E-state index contributed by atoms with van der Waals surface area (Å²) >= 11 is 0. The quantitative estimate of drug-likeness (QED) is 0.699. The van der Waals surface area contributed by atoms with E-state index >= 15 is 0 Å². The number of H-pyrrole nitrogens is 1. The normalized spacial score (nSPS) is 18.9. The number of nitrogens with one attached hydrogen (secondary N) is 2. The van der Waals surface area contributed by atoms with E-state index in [4.69, 9.17) is 4.74 Å². The Bertz CT molecular complexity index is 1020. The lowest BCUT2D eigenvalue weighted by atomic mass is 10.0. The number of benzene rings is 2. The van der Waals surface area contributed by atoms with E-state index < -0.39 is 0 Å². The number of aromatic amines is 1. The van der Waals surface area contributed by atoms with E-state index in [0.29, 0.717) is 13.2 Å². The minimum absolute atomic E-state index is 0.108. The predicted molar refractivity (Wildman–Crippen MR) is 119 cm³/mol. The highest BCUT2D eigenvalue weighted by molar-refractivity contribution is 5.96. The third-order valence-electron chi connectivity index (χ3n) is 6.19. The van der Waals surface area contributed by atoms with E-state index in [1.54, 1.807) is 0 Å². The smallest absolute Gasteiger partial charge is 0.282 e. The second-order valence-electron chi connectivity index (χ2n) is 8.13. The number of fused-ring (bicyclic) bond motifs is 1. The van der Waals surface area contributed by atoms with Gasteiger partial charge in [-0.2, -0.15) is 0 Å². The molecule has 1 aromatic heterocycles. The third-order valence-corrected chi connectivity index (χ3v) is 6.19. The molecule has 6 nitrogen and oxygen atoms in total. The Balaban J connectivity index is 1.32. The van der Waals surface area contributed by atoms with Crippen molar-refractivity contribution in [2.75, 3.05) is 49.1 Å². The molecule has 1 saturated heterocycles. The van der Waals surface area contributed by atoms with Gasteiger partial charge in [-0.25, -0.2) is 4.98 Å². The van der Waals surface area contributed by atoms with Gasteiger partial charge in [0.15, 0.2) is 6.54 Å². The van der Waals surface area contributed by atoms with Gasteiger partial charge in [-0.15, -0.1) is 0 Å². The number of pyridine rings is 1. The number of quaternary nitrogens is 1. The Kier molecular flexibility index (Phi) is 5.54. The van der Waals surface area contributed by atoms with Crippen molar-refractivity contribution in [3.63, 3.8) is 0 Å². The van der Waals surface area contributed by atoms with Gasteiger partial charge in [0.25, 0.3) is 11.7 Å². The average Bonchev–Trinajstić information content (AvgIpc) is 2.85. The van der Waals surface area contributed by atoms with E-state index in [1.807, 2.05) is 65.7 Å². The highest BCUT2D eigenvalue weighted by atomic mass is 16.5. The van der Waals surface area contributed by atoms with E-state index in [-0.39, 0.29) is 11.9 Å². The predicted octanol–water partition coefficient (Wildman–Crippen LogP) is 1.37. The summed E-state index contributed by atoms with van der Waals surface area (Å²) in [5.74, 6) is 2.07.